The summed E-state index contributed by atoms with van der Waals surface area (Å²) in [5.74, 6) is 0.501. The molecule has 0 aliphatic rings. The van der Waals surface area contributed by atoms with E-state index in [2.05, 4.69) is 36.9 Å². The van der Waals surface area contributed by atoms with Crippen molar-refractivity contribution in [1.82, 2.24) is 14.8 Å². The zero-order valence-corrected chi connectivity index (χ0v) is 8.86. The smallest absolute Gasteiger partial charge is 0.114 e. The molecule has 2 heterocycles. The molecular formula is C11H15N3. The van der Waals surface area contributed by atoms with Crippen molar-refractivity contribution in [1.29, 1.82) is 0 Å². The van der Waals surface area contributed by atoms with Gasteiger partial charge in [-0.15, -0.1) is 0 Å². The number of hydrogen-bond donors (Lipinski definition) is 0. The van der Waals surface area contributed by atoms with Gasteiger partial charge < -0.3 is 0 Å². The van der Waals surface area contributed by atoms with Crippen molar-refractivity contribution in [3.05, 3.63) is 24.0 Å². The maximum absolute atomic E-state index is 4.51. The zero-order valence-electron chi connectivity index (χ0n) is 8.86. The predicted octanol–water partition coefficient (Wildman–Crippen LogP) is 2.57. The van der Waals surface area contributed by atoms with E-state index >= 15 is 0 Å². The first-order valence-electron chi connectivity index (χ1n) is 5.04. The summed E-state index contributed by atoms with van der Waals surface area (Å²) in [6.07, 6.45) is 3.86. The van der Waals surface area contributed by atoms with Gasteiger partial charge in [-0.05, 0) is 24.5 Å². The van der Waals surface area contributed by atoms with Gasteiger partial charge >= 0.3 is 0 Å². The van der Waals surface area contributed by atoms with Crippen LogP contribution in [-0.2, 0) is 6.54 Å². The number of aryl methyl sites for hydroxylation is 1. The molecule has 0 saturated carbocycles. The van der Waals surface area contributed by atoms with Gasteiger partial charge in [0, 0.05) is 12.7 Å². The average molecular weight is 189 g/mol. The number of hydrogen-bond acceptors (Lipinski definition) is 2. The van der Waals surface area contributed by atoms with E-state index < -0.39 is 0 Å². The van der Waals surface area contributed by atoms with Gasteiger partial charge in [0.05, 0.1) is 6.20 Å². The van der Waals surface area contributed by atoms with Crippen molar-refractivity contribution < 1.29 is 0 Å². The molecular weight excluding hydrogens is 174 g/mol. The van der Waals surface area contributed by atoms with E-state index in [1.165, 1.54) is 5.56 Å². The number of aromatic nitrogens is 3. The van der Waals surface area contributed by atoms with Crippen LogP contribution in [0, 0.1) is 0 Å². The van der Waals surface area contributed by atoms with Crippen molar-refractivity contribution >= 4 is 11.0 Å². The van der Waals surface area contributed by atoms with Crippen LogP contribution < -0.4 is 0 Å². The minimum Gasteiger partial charge on any atom is -0.270 e. The van der Waals surface area contributed by atoms with Crippen LogP contribution in [0.1, 0.15) is 32.3 Å². The van der Waals surface area contributed by atoms with Crippen LogP contribution in [0.25, 0.3) is 11.0 Å². The Hall–Kier alpha value is -1.38. The molecule has 3 nitrogen and oxygen atoms in total. The molecule has 0 saturated heterocycles. The third-order valence-corrected chi connectivity index (χ3v) is 2.43. The summed E-state index contributed by atoms with van der Waals surface area (Å²) < 4.78 is 1.93. The van der Waals surface area contributed by atoms with E-state index in [4.69, 9.17) is 0 Å². The molecule has 0 atom stereocenters. The lowest BCUT2D eigenvalue weighted by Crippen LogP contribution is -1.94. The molecule has 0 radical (unpaired) electrons. The topological polar surface area (TPSA) is 30.7 Å². The third-order valence-electron chi connectivity index (χ3n) is 2.43. The minimum atomic E-state index is 0.501. The molecule has 0 bridgehead atoms. The quantitative estimate of drug-likeness (QED) is 0.727. The Labute approximate surface area is 83.8 Å². The van der Waals surface area contributed by atoms with Crippen LogP contribution in [0.15, 0.2) is 18.5 Å². The van der Waals surface area contributed by atoms with Crippen LogP contribution in [0.5, 0.6) is 0 Å². The fourth-order valence-corrected chi connectivity index (χ4v) is 1.62. The van der Waals surface area contributed by atoms with Gasteiger partial charge in [-0.2, -0.15) is 5.10 Å². The summed E-state index contributed by atoms with van der Waals surface area (Å²) in [6, 6.07) is 2.06. The van der Waals surface area contributed by atoms with Gasteiger partial charge in [0.1, 0.15) is 11.0 Å². The lowest BCUT2D eigenvalue weighted by atomic mass is 10.0. The molecule has 0 fully saturated rings. The van der Waals surface area contributed by atoms with Gasteiger partial charge in [-0.3, -0.25) is 9.67 Å². The highest BCUT2D eigenvalue weighted by Crippen LogP contribution is 2.21. The lowest BCUT2D eigenvalue weighted by molar-refractivity contribution is 0.666. The van der Waals surface area contributed by atoms with E-state index in [9.17, 15) is 0 Å². The highest BCUT2D eigenvalue weighted by Gasteiger charge is 2.08. The first kappa shape index (κ1) is 9.19. The van der Waals surface area contributed by atoms with Crippen molar-refractivity contribution in [3.8, 4) is 0 Å². The molecule has 14 heavy (non-hydrogen) atoms. The van der Waals surface area contributed by atoms with Gasteiger partial charge in [-0.1, -0.05) is 13.8 Å². The Kier molecular flexibility index (Phi) is 2.23. The molecule has 0 aromatic carbocycles. The van der Waals surface area contributed by atoms with Crippen molar-refractivity contribution in [2.45, 2.75) is 33.2 Å². The van der Waals surface area contributed by atoms with E-state index in [0.29, 0.717) is 5.92 Å². The second-order valence-electron chi connectivity index (χ2n) is 3.77. The number of fused-ring (bicyclic) bond motifs is 1. The molecule has 2 rings (SSSR count). The normalized spacial score (nSPS) is 11.4. The number of nitrogens with zero attached hydrogens (tertiary/aromatic N) is 3. The highest BCUT2D eigenvalue weighted by atomic mass is 15.3. The van der Waals surface area contributed by atoms with Crippen LogP contribution in [0.4, 0.5) is 0 Å². The molecule has 2 aromatic heterocycles. The van der Waals surface area contributed by atoms with Crippen molar-refractivity contribution in [2.75, 3.05) is 0 Å². The van der Waals surface area contributed by atoms with Crippen LogP contribution in [0.3, 0.4) is 0 Å². The Morgan fingerprint density at radius 3 is 2.86 bits per heavy atom. The summed E-state index contributed by atoms with van der Waals surface area (Å²) in [5, 5.41) is 4.51. The van der Waals surface area contributed by atoms with Gasteiger partial charge in [0.2, 0.25) is 0 Å². The lowest BCUT2D eigenvalue weighted by Gasteiger charge is -2.04. The van der Waals surface area contributed by atoms with E-state index in [1.54, 1.807) is 0 Å². The molecule has 2 aromatic rings. The molecule has 0 aliphatic carbocycles. The predicted molar refractivity (Wildman–Crippen MR) is 57.3 cm³/mol. The standard InChI is InChI=1S/C11H15N3/c1-4-14-7-10-11(13-14)9(8(2)3)5-6-12-10/h5-8H,4H2,1-3H3. The molecule has 0 N–H and O–H groups in total. The van der Waals surface area contributed by atoms with Gasteiger partial charge in [0.15, 0.2) is 0 Å². The van der Waals surface area contributed by atoms with Gasteiger partial charge in [-0.25, -0.2) is 0 Å². The summed E-state index contributed by atoms with van der Waals surface area (Å²) in [4.78, 5) is 4.31. The first-order chi connectivity index (χ1) is 6.72. The van der Waals surface area contributed by atoms with E-state index in [1.807, 2.05) is 17.1 Å². The minimum absolute atomic E-state index is 0.501. The van der Waals surface area contributed by atoms with Crippen LogP contribution in [-0.4, -0.2) is 14.8 Å². The number of pyridine rings is 1. The highest BCUT2D eigenvalue weighted by molar-refractivity contribution is 5.77. The monoisotopic (exact) mass is 189 g/mol. The maximum Gasteiger partial charge on any atom is 0.114 e. The summed E-state index contributed by atoms with van der Waals surface area (Å²) >= 11 is 0. The molecule has 74 valence electrons. The Balaban J connectivity index is 2.66. The maximum atomic E-state index is 4.51. The second-order valence-corrected chi connectivity index (χ2v) is 3.77. The van der Waals surface area contributed by atoms with Crippen molar-refractivity contribution in [3.63, 3.8) is 0 Å². The summed E-state index contributed by atoms with van der Waals surface area (Å²) in [7, 11) is 0. The average Bonchev–Trinajstić information content (AvgIpc) is 2.59. The Bertz CT molecular complexity index is 443. The summed E-state index contributed by atoms with van der Waals surface area (Å²) in [6.45, 7) is 7.34. The SMILES string of the molecule is CCn1cc2nccc(C(C)C)c2n1. The zero-order chi connectivity index (χ0) is 10.1. The van der Waals surface area contributed by atoms with Crippen LogP contribution >= 0.6 is 0 Å². The van der Waals surface area contributed by atoms with Crippen LogP contribution in [0.2, 0.25) is 0 Å². The Morgan fingerprint density at radius 1 is 1.43 bits per heavy atom. The number of rotatable bonds is 2. The molecule has 0 amide bonds. The molecule has 3 heteroatoms. The first-order valence-corrected chi connectivity index (χ1v) is 5.04. The molecule has 0 unspecified atom stereocenters. The molecule has 0 aliphatic heterocycles. The molecule has 0 spiro atoms. The van der Waals surface area contributed by atoms with E-state index in [0.717, 1.165) is 17.6 Å². The van der Waals surface area contributed by atoms with Gasteiger partial charge in [0.25, 0.3) is 0 Å². The van der Waals surface area contributed by atoms with E-state index in [-0.39, 0.29) is 0 Å². The van der Waals surface area contributed by atoms with Crippen molar-refractivity contribution in [2.24, 2.45) is 0 Å². The summed E-state index contributed by atoms with van der Waals surface area (Å²) in [5.41, 5.74) is 3.32. The second kappa shape index (κ2) is 3.40. The fraction of sp³-hybridized carbons (Fsp3) is 0.455. The Morgan fingerprint density at radius 2 is 2.21 bits per heavy atom. The fourth-order valence-electron chi connectivity index (χ4n) is 1.62. The third kappa shape index (κ3) is 1.39. The largest absolute Gasteiger partial charge is 0.270 e.